The van der Waals surface area contributed by atoms with Crippen LogP contribution in [0.3, 0.4) is 0 Å². The van der Waals surface area contributed by atoms with Crippen LogP contribution in [-0.2, 0) is 4.74 Å². The minimum absolute atomic E-state index is 0.307. The van der Waals surface area contributed by atoms with Gasteiger partial charge in [0.05, 0.1) is 5.56 Å². The lowest BCUT2D eigenvalue weighted by Crippen LogP contribution is -2.37. The van der Waals surface area contributed by atoms with Gasteiger partial charge in [-0.25, -0.2) is 9.18 Å². The van der Waals surface area contributed by atoms with Gasteiger partial charge in [-0.1, -0.05) is 6.92 Å². The first-order valence-corrected chi connectivity index (χ1v) is 7.34. The van der Waals surface area contributed by atoms with Gasteiger partial charge in [0.1, 0.15) is 5.82 Å². The monoisotopic (exact) mass is 307 g/mol. The molecule has 0 bridgehead atoms. The minimum atomic E-state index is -0.727. The van der Waals surface area contributed by atoms with E-state index in [0.29, 0.717) is 17.5 Å². The molecule has 1 atom stereocenters. The Bertz CT molecular complexity index is 610. The molecular weight excluding hydrogens is 293 g/mol. The Kier molecular flexibility index (Phi) is 5.05. The van der Waals surface area contributed by atoms with Crippen LogP contribution in [0.1, 0.15) is 34.1 Å². The quantitative estimate of drug-likeness (QED) is 0.681. The third kappa shape index (κ3) is 4.13. The topological polar surface area (TPSA) is 55.4 Å². The van der Waals surface area contributed by atoms with Gasteiger partial charge in [0.15, 0.2) is 6.23 Å². The van der Waals surface area contributed by atoms with E-state index in [1.165, 1.54) is 35.6 Å². The summed E-state index contributed by atoms with van der Waals surface area (Å²) in [5.74, 6) is -1.31. The molecule has 1 aromatic carbocycles. The molecular formula is C15H14FNO3S. The van der Waals surface area contributed by atoms with Crippen LogP contribution in [0.15, 0.2) is 41.1 Å². The van der Waals surface area contributed by atoms with E-state index in [-0.39, 0.29) is 0 Å². The molecule has 6 heteroatoms. The average Bonchev–Trinajstić information content (AvgIpc) is 3.01. The van der Waals surface area contributed by atoms with E-state index in [1.54, 1.807) is 23.8 Å². The number of nitrogens with one attached hydrogen (secondary N) is 1. The van der Waals surface area contributed by atoms with Crippen molar-refractivity contribution in [1.29, 1.82) is 0 Å². The lowest BCUT2D eigenvalue weighted by atomic mass is 10.2. The molecule has 0 aliphatic heterocycles. The fraction of sp³-hybridized carbons (Fsp3) is 0.200. The van der Waals surface area contributed by atoms with Crippen LogP contribution in [0, 0.1) is 5.82 Å². The predicted octanol–water partition coefficient (Wildman–Crippen LogP) is 3.21. The van der Waals surface area contributed by atoms with Crippen LogP contribution in [0.2, 0.25) is 0 Å². The molecule has 0 fully saturated rings. The number of amides is 1. The fourth-order valence-electron chi connectivity index (χ4n) is 1.62. The van der Waals surface area contributed by atoms with Gasteiger partial charge in [0, 0.05) is 17.4 Å². The summed E-state index contributed by atoms with van der Waals surface area (Å²) >= 11 is 1.39. The minimum Gasteiger partial charge on any atom is -0.438 e. The van der Waals surface area contributed by atoms with Gasteiger partial charge in [-0.2, -0.15) is 11.3 Å². The number of rotatable bonds is 5. The highest BCUT2D eigenvalue weighted by molar-refractivity contribution is 7.08. The van der Waals surface area contributed by atoms with Gasteiger partial charge in [0.25, 0.3) is 5.91 Å². The summed E-state index contributed by atoms with van der Waals surface area (Å²) in [5.41, 5.74) is 0.760. The van der Waals surface area contributed by atoms with E-state index >= 15 is 0 Å². The normalized spacial score (nSPS) is 11.7. The molecule has 1 heterocycles. The summed E-state index contributed by atoms with van der Waals surface area (Å²) in [6.07, 6.45) is -0.294. The van der Waals surface area contributed by atoms with Gasteiger partial charge in [0.2, 0.25) is 0 Å². The second-order valence-electron chi connectivity index (χ2n) is 4.29. The molecule has 0 aliphatic carbocycles. The SMILES string of the molecule is CCC(NC(=O)c1ccc(F)cc1)OC(=O)c1ccsc1. The van der Waals surface area contributed by atoms with Crippen LogP contribution in [0.25, 0.3) is 0 Å². The molecule has 1 amide bonds. The molecule has 1 unspecified atom stereocenters. The van der Waals surface area contributed by atoms with E-state index in [1.807, 2.05) is 0 Å². The first-order valence-electron chi connectivity index (χ1n) is 6.39. The Labute approximate surface area is 125 Å². The number of carbonyl (C=O) groups excluding carboxylic acids is 2. The molecule has 2 rings (SSSR count). The molecule has 2 aromatic rings. The lowest BCUT2D eigenvalue weighted by molar-refractivity contribution is 0.0207. The van der Waals surface area contributed by atoms with Crippen molar-refractivity contribution in [2.45, 2.75) is 19.6 Å². The molecule has 0 spiro atoms. The van der Waals surface area contributed by atoms with Crippen LogP contribution in [0.4, 0.5) is 4.39 Å². The van der Waals surface area contributed by atoms with Crippen molar-refractivity contribution in [3.05, 3.63) is 58.0 Å². The van der Waals surface area contributed by atoms with Gasteiger partial charge in [-0.05, 0) is 35.7 Å². The van der Waals surface area contributed by atoms with Crippen molar-refractivity contribution in [3.63, 3.8) is 0 Å². The highest BCUT2D eigenvalue weighted by atomic mass is 32.1. The molecule has 110 valence electrons. The number of thiophene rings is 1. The van der Waals surface area contributed by atoms with Crippen molar-refractivity contribution >= 4 is 23.2 Å². The maximum absolute atomic E-state index is 12.8. The van der Waals surface area contributed by atoms with E-state index in [0.717, 1.165) is 0 Å². The Morgan fingerprint density at radius 2 is 1.95 bits per heavy atom. The van der Waals surface area contributed by atoms with E-state index in [9.17, 15) is 14.0 Å². The fourth-order valence-corrected chi connectivity index (χ4v) is 2.25. The molecule has 0 saturated heterocycles. The predicted molar refractivity (Wildman–Crippen MR) is 77.7 cm³/mol. The van der Waals surface area contributed by atoms with E-state index < -0.39 is 23.9 Å². The molecule has 1 aromatic heterocycles. The molecule has 0 saturated carbocycles. The molecule has 1 N–H and O–H groups in total. The molecule has 0 aliphatic rings. The van der Waals surface area contributed by atoms with Crippen molar-refractivity contribution in [2.24, 2.45) is 0 Å². The van der Waals surface area contributed by atoms with Crippen molar-refractivity contribution in [2.75, 3.05) is 0 Å². The van der Waals surface area contributed by atoms with Gasteiger partial charge in [-0.15, -0.1) is 0 Å². The van der Waals surface area contributed by atoms with Gasteiger partial charge >= 0.3 is 5.97 Å². The van der Waals surface area contributed by atoms with Crippen LogP contribution >= 0.6 is 11.3 Å². The molecule has 4 nitrogen and oxygen atoms in total. The Morgan fingerprint density at radius 3 is 2.52 bits per heavy atom. The van der Waals surface area contributed by atoms with Crippen LogP contribution in [0.5, 0.6) is 0 Å². The summed E-state index contributed by atoms with van der Waals surface area (Å²) in [6, 6.07) is 6.80. The lowest BCUT2D eigenvalue weighted by Gasteiger charge is -2.17. The second kappa shape index (κ2) is 6.99. The maximum atomic E-state index is 12.8. The standard InChI is InChI=1S/C15H14FNO3S/c1-2-13(20-15(19)11-7-8-21-9-11)17-14(18)10-3-5-12(16)6-4-10/h3-9,13H,2H2,1H3,(H,17,18). The Morgan fingerprint density at radius 1 is 1.24 bits per heavy atom. The second-order valence-corrected chi connectivity index (χ2v) is 5.07. The number of ether oxygens (including phenoxy) is 1. The van der Waals surface area contributed by atoms with Crippen molar-refractivity contribution < 1.29 is 18.7 Å². The smallest absolute Gasteiger partial charge is 0.340 e. The summed E-state index contributed by atoms with van der Waals surface area (Å²) in [6.45, 7) is 1.79. The average molecular weight is 307 g/mol. The third-order valence-electron chi connectivity index (χ3n) is 2.78. The van der Waals surface area contributed by atoms with Crippen molar-refractivity contribution in [3.8, 4) is 0 Å². The first-order chi connectivity index (χ1) is 10.1. The first kappa shape index (κ1) is 15.2. The summed E-state index contributed by atoms with van der Waals surface area (Å²) < 4.78 is 18.0. The zero-order valence-electron chi connectivity index (χ0n) is 11.3. The summed E-state index contributed by atoms with van der Waals surface area (Å²) in [7, 11) is 0. The number of halogens is 1. The third-order valence-corrected chi connectivity index (χ3v) is 3.46. The van der Waals surface area contributed by atoms with Crippen molar-refractivity contribution in [1.82, 2.24) is 5.32 Å². The Hall–Kier alpha value is -2.21. The number of hydrogen-bond donors (Lipinski definition) is 1. The van der Waals surface area contributed by atoms with Crippen LogP contribution in [-0.4, -0.2) is 18.1 Å². The highest BCUT2D eigenvalue weighted by Gasteiger charge is 2.17. The molecule has 21 heavy (non-hydrogen) atoms. The van der Waals surface area contributed by atoms with E-state index in [4.69, 9.17) is 4.74 Å². The maximum Gasteiger partial charge on any atom is 0.340 e. The number of esters is 1. The number of benzene rings is 1. The summed E-state index contributed by atoms with van der Waals surface area (Å²) in [5, 5.41) is 6.04. The number of hydrogen-bond acceptors (Lipinski definition) is 4. The molecule has 0 radical (unpaired) electrons. The largest absolute Gasteiger partial charge is 0.438 e. The Balaban J connectivity index is 1.97. The zero-order chi connectivity index (χ0) is 15.2. The highest BCUT2D eigenvalue weighted by Crippen LogP contribution is 2.10. The summed E-state index contributed by atoms with van der Waals surface area (Å²) in [4.78, 5) is 23.8. The van der Waals surface area contributed by atoms with Gasteiger partial charge < -0.3 is 10.1 Å². The number of carbonyl (C=O) groups is 2. The zero-order valence-corrected chi connectivity index (χ0v) is 12.2. The van der Waals surface area contributed by atoms with Gasteiger partial charge in [-0.3, -0.25) is 4.79 Å². The van der Waals surface area contributed by atoms with E-state index in [2.05, 4.69) is 5.32 Å². The van der Waals surface area contributed by atoms with Crippen LogP contribution < -0.4 is 5.32 Å².